The summed E-state index contributed by atoms with van der Waals surface area (Å²) in [6.07, 6.45) is 0. The van der Waals surface area contributed by atoms with Gasteiger partial charge in [-0.2, -0.15) is 0 Å². The molecule has 0 spiro atoms. The summed E-state index contributed by atoms with van der Waals surface area (Å²) in [6.45, 7) is 1.65. The molecule has 0 saturated carbocycles. The van der Waals surface area contributed by atoms with E-state index in [2.05, 4.69) is 10.6 Å². The molecule has 3 rings (SSSR count). The highest BCUT2D eigenvalue weighted by Gasteiger charge is 2.19. The lowest BCUT2D eigenvalue weighted by Crippen LogP contribution is -2.13. The van der Waals surface area contributed by atoms with E-state index in [-0.39, 0.29) is 11.7 Å². The summed E-state index contributed by atoms with van der Waals surface area (Å²) in [5, 5.41) is 5.49. The van der Waals surface area contributed by atoms with Gasteiger partial charge in [-0.05, 0) is 31.2 Å². The van der Waals surface area contributed by atoms with Gasteiger partial charge in [0.1, 0.15) is 5.76 Å². The molecule has 120 valence electrons. The molecule has 2 amide bonds. The maximum absolute atomic E-state index is 12.3. The molecule has 24 heavy (non-hydrogen) atoms. The van der Waals surface area contributed by atoms with Crippen molar-refractivity contribution in [2.45, 2.75) is 6.92 Å². The minimum Gasteiger partial charge on any atom is -0.455 e. The van der Waals surface area contributed by atoms with E-state index >= 15 is 0 Å². The number of rotatable bonds is 4. The Bertz CT molecular complexity index is 855. The first-order valence-corrected chi connectivity index (χ1v) is 7.47. The zero-order valence-corrected chi connectivity index (χ0v) is 13.1. The monoisotopic (exact) mass is 320 g/mol. The van der Waals surface area contributed by atoms with Crippen LogP contribution in [0.5, 0.6) is 0 Å². The van der Waals surface area contributed by atoms with Gasteiger partial charge >= 0.3 is 0 Å². The average Bonchev–Trinajstić information content (AvgIpc) is 2.99. The van der Waals surface area contributed by atoms with Crippen molar-refractivity contribution in [3.05, 3.63) is 83.8 Å². The van der Waals surface area contributed by atoms with Crippen LogP contribution in [0.2, 0.25) is 0 Å². The van der Waals surface area contributed by atoms with E-state index in [1.54, 1.807) is 31.2 Å². The van der Waals surface area contributed by atoms with Gasteiger partial charge in [0.15, 0.2) is 5.76 Å². The van der Waals surface area contributed by atoms with Gasteiger partial charge in [0, 0.05) is 17.4 Å². The maximum Gasteiger partial charge on any atom is 0.291 e. The molecule has 2 aromatic carbocycles. The Morgan fingerprint density at radius 1 is 0.792 bits per heavy atom. The van der Waals surface area contributed by atoms with E-state index in [9.17, 15) is 9.59 Å². The van der Waals surface area contributed by atoms with Crippen LogP contribution in [0.25, 0.3) is 0 Å². The number of anilines is 2. The summed E-state index contributed by atoms with van der Waals surface area (Å²) in [6, 6.07) is 19.6. The average molecular weight is 320 g/mol. The Kier molecular flexibility index (Phi) is 4.43. The first-order valence-electron chi connectivity index (χ1n) is 7.47. The van der Waals surface area contributed by atoms with Gasteiger partial charge in [-0.3, -0.25) is 9.59 Å². The molecule has 2 N–H and O–H groups in total. The second kappa shape index (κ2) is 6.83. The molecule has 0 fully saturated rings. The highest BCUT2D eigenvalue weighted by molar-refractivity contribution is 6.08. The molecule has 0 atom stereocenters. The topological polar surface area (TPSA) is 71.3 Å². The number of amides is 2. The second-order valence-corrected chi connectivity index (χ2v) is 5.22. The fourth-order valence-electron chi connectivity index (χ4n) is 2.25. The van der Waals surface area contributed by atoms with E-state index < -0.39 is 5.91 Å². The standard InChI is InChI=1S/C19H16N2O3/c1-13-16(18(22)20-14-8-4-2-5-9-14)12-17(24-13)19(23)21-15-10-6-3-7-11-15/h2-12H,1H3,(H,20,22)(H,21,23). The molecule has 5 heteroatoms. The van der Waals surface area contributed by atoms with E-state index in [1.807, 2.05) is 36.4 Å². The van der Waals surface area contributed by atoms with Crippen molar-refractivity contribution in [2.75, 3.05) is 10.6 Å². The zero-order chi connectivity index (χ0) is 16.9. The quantitative estimate of drug-likeness (QED) is 0.760. The van der Waals surface area contributed by atoms with E-state index in [1.165, 1.54) is 6.07 Å². The Balaban J connectivity index is 1.75. The van der Waals surface area contributed by atoms with Crippen molar-refractivity contribution in [3.63, 3.8) is 0 Å². The summed E-state index contributed by atoms with van der Waals surface area (Å²) in [4.78, 5) is 24.6. The molecule has 0 unspecified atom stereocenters. The van der Waals surface area contributed by atoms with Gasteiger partial charge in [-0.25, -0.2) is 0 Å². The number of carbonyl (C=O) groups excluding carboxylic acids is 2. The summed E-state index contributed by atoms with van der Waals surface area (Å²) >= 11 is 0. The molecule has 0 bridgehead atoms. The third-order valence-corrected chi connectivity index (χ3v) is 3.45. The fraction of sp³-hybridized carbons (Fsp3) is 0.0526. The van der Waals surface area contributed by atoms with Crippen molar-refractivity contribution >= 4 is 23.2 Å². The molecule has 0 radical (unpaired) electrons. The number of hydrogen-bond donors (Lipinski definition) is 2. The Morgan fingerprint density at radius 2 is 1.29 bits per heavy atom. The molecule has 0 saturated heterocycles. The van der Waals surface area contributed by atoms with Gasteiger partial charge in [0.25, 0.3) is 11.8 Å². The van der Waals surface area contributed by atoms with Gasteiger partial charge in [-0.1, -0.05) is 36.4 Å². The Labute approximate surface area is 139 Å². The molecular formula is C19H16N2O3. The third kappa shape index (κ3) is 3.52. The van der Waals surface area contributed by atoms with Crippen LogP contribution in [-0.2, 0) is 0 Å². The molecule has 0 aliphatic heterocycles. The number of nitrogens with one attached hydrogen (secondary N) is 2. The normalized spacial score (nSPS) is 10.2. The van der Waals surface area contributed by atoms with Crippen LogP contribution in [0.4, 0.5) is 11.4 Å². The SMILES string of the molecule is Cc1oc(C(=O)Nc2ccccc2)cc1C(=O)Nc1ccccc1. The minimum absolute atomic E-state index is 0.0922. The number of aryl methyl sites for hydroxylation is 1. The molecule has 3 aromatic rings. The molecule has 0 aliphatic rings. The number of benzene rings is 2. The van der Waals surface area contributed by atoms with Crippen molar-refractivity contribution in [1.29, 1.82) is 0 Å². The predicted molar refractivity (Wildman–Crippen MR) is 92.2 cm³/mol. The van der Waals surface area contributed by atoms with Crippen LogP contribution in [0.1, 0.15) is 26.7 Å². The molecule has 0 aliphatic carbocycles. The van der Waals surface area contributed by atoms with Gasteiger partial charge in [0.05, 0.1) is 5.56 Å². The van der Waals surface area contributed by atoms with Crippen molar-refractivity contribution in [3.8, 4) is 0 Å². The fourth-order valence-corrected chi connectivity index (χ4v) is 2.25. The van der Waals surface area contributed by atoms with Crippen molar-refractivity contribution in [2.24, 2.45) is 0 Å². The van der Waals surface area contributed by atoms with E-state index in [0.29, 0.717) is 22.7 Å². The first kappa shape index (κ1) is 15.6. The van der Waals surface area contributed by atoms with Crippen molar-refractivity contribution in [1.82, 2.24) is 0 Å². The van der Waals surface area contributed by atoms with Crippen LogP contribution >= 0.6 is 0 Å². The Hall–Kier alpha value is -3.34. The smallest absolute Gasteiger partial charge is 0.291 e. The number of hydrogen-bond acceptors (Lipinski definition) is 3. The van der Waals surface area contributed by atoms with E-state index in [4.69, 9.17) is 4.42 Å². The minimum atomic E-state index is -0.400. The van der Waals surface area contributed by atoms with Crippen molar-refractivity contribution < 1.29 is 14.0 Å². The Morgan fingerprint density at radius 3 is 1.83 bits per heavy atom. The largest absolute Gasteiger partial charge is 0.455 e. The highest BCUT2D eigenvalue weighted by Crippen LogP contribution is 2.18. The van der Waals surface area contributed by atoms with Crippen LogP contribution < -0.4 is 10.6 Å². The zero-order valence-electron chi connectivity index (χ0n) is 13.1. The van der Waals surface area contributed by atoms with Gasteiger partial charge in [-0.15, -0.1) is 0 Å². The van der Waals surface area contributed by atoms with Crippen LogP contribution in [0.15, 0.2) is 71.1 Å². The lowest BCUT2D eigenvalue weighted by Gasteiger charge is -2.03. The number of furan rings is 1. The third-order valence-electron chi connectivity index (χ3n) is 3.45. The second-order valence-electron chi connectivity index (χ2n) is 5.22. The van der Waals surface area contributed by atoms with Gasteiger partial charge in [0.2, 0.25) is 0 Å². The number of carbonyl (C=O) groups is 2. The van der Waals surface area contributed by atoms with Gasteiger partial charge < -0.3 is 15.1 Å². The van der Waals surface area contributed by atoms with Crippen LogP contribution in [0.3, 0.4) is 0 Å². The summed E-state index contributed by atoms with van der Waals surface area (Å²) in [5.74, 6) is -0.236. The predicted octanol–water partition coefficient (Wildman–Crippen LogP) is 4.09. The summed E-state index contributed by atoms with van der Waals surface area (Å²) in [7, 11) is 0. The van der Waals surface area contributed by atoms with Crippen LogP contribution in [0, 0.1) is 6.92 Å². The molecule has 1 heterocycles. The lowest BCUT2D eigenvalue weighted by molar-refractivity contribution is 0.0992. The first-order chi connectivity index (χ1) is 11.6. The molecular weight excluding hydrogens is 304 g/mol. The van der Waals surface area contributed by atoms with Crippen LogP contribution in [-0.4, -0.2) is 11.8 Å². The summed E-state index contributed by atoms with van der Waals surface area (Å²) < 4.78 is 5.43. The summed E-state index contributed by atoms with van der Waals surface area (Å²) in [5.41, 5.74) is 1.67. The number of para-hydroxylation sites is 2. The maximum atomic E-state index is 12.3. The lowest BCUT2D eigenvalue weighted by atomic mass is 10.2. The van der Waals surface area contributed by atoms with E-state index in [0.717, 1.165) is 0 Å². The molecule has 1 aromatic heterocycles. The molecule has 5 nitrogen and oxygen atoms in total. The highest BCUT2D eigenvalue weighted by atomic mass is 16.4.